The van der Waals surface area contributed by atoms with Crippen LogP contribution >= 0.6 is 0 Å². The largest absolute Gasteiger partial charge is 0.480 e. The topological polar surface area (TPSA) is 75.6 Å². The highest BCUT2D eigenvalue weighted by atomic mass is 16.5. The maximum Gasteiger partial charge on any atom is 0.323 e. The van der Waals surface area contributed by atoms with Gasteiger partial charge in [-0.05, 0) is 32.3 Å². The molecule has 1 aromatic carbocycles. The molecule has 0 aliphatic carbocycles. The molecule has 2 atom stereocenters. The van der Waals surface area contributed by atoms with Gasteiger partial charge in [-0.3, -0.25) is 14.9 Å². The molecule has 1 unspecified atom stereocenters. The first kappa shape index (κ1) is 16.2. The fourth-order valence-corrected chi connectivity index (χ4v) is 1.84. The van der Waals surface area contributed by atoms with Gasteiger partial charge in [0.15, 0.2) is 0 Å². The number of hydrogen-bond donors (Lipinski definition) is 2. The second kappa shape index (κ2) is 8.32. The summed E-state index contributed by atoms with van der Waals surface area (Å²) in [6.07, 6.45) is 1.18. The Morgan fingerprint density at radius 2 is 1.95 bits per heavy atom. The van der Waals surface area contributed by atoms with Gasteiger partial charge in [0, 0.05) is 0 Å². The molecule has 110 valence electrons. The number of carboxylic acids is 1. The second-order valence-corrected chi connectivity index (χ2v) is 4.56. The number of carbonyl (C=O) groups excluding carboxylic acids is 1. The molecule has 0 aliphatic heterocycles. The van der Waals surface area contributed by atoms with Crippen molar-refractivity contribution in [2.24, 2.45) is 0 Å². The summed E-state index contributed by atoms with van der Waals surface area (Å²) in [6, 6.07) is 8.34. The fraction of sp³-hybridized carbons (Fsp3) is 0.467. The lowest BCUT2D eigenvalue weighted by Crippen LogP contribution is -2.46. The summed E-state index contributed by atoms with van der Waals surface area (Å²) in [5, 5.41) is 11.7. The molecule has 5 heteroatoms. The third kappa shape index (κ3) is 5.40. The smallest absolute Gasteiger partial charge is 0.323 e. The number of rotatable bonds is 8. The average molecular weight is 279 g/mol. The molecule has 0 spiro atoms. The van der Waals surface area contributed by atoms with Crippen LogP contribution in [0.3, 0.4) is 0 Å². The summed E-state index contributed by atoms with van der Waals surface area (Å²) >= 11 is 0. The van der Waals surface area contributed by atoms with Gasteiger partial charge in [-0.2, -0.15) is 0 Å². The van der Waals surface area contributed by atoms with Crippen molar-refractivity contribution in [1.82, 2.24) is 5.32 Å². The van der Waals surface area contributed by atoms with Crippen LogP contribution in [-0.4, -0.2) is 35.7 Å². The van der Waals surface area contributed by atoms with E-state index in [4.69, 9.17) is 9.84 Å². The maximum absolute atomic E-state index is 11.8. The zero-order chi connectivity index (χ0) is 15.0. The molecule has 0 aromatic heterocycles. The summed E-state index contributed by atoms with van der Waals surface area (Å²) in [5.74, 6) is -1.39. The number of aliphatic carboxylic acids is 1. The van der Waals surface area contributed by atoms with Crippen molar-refractivity contribution in [2.75, 3.05) is 6.61 Å². The van der Waals surface area contributed by atoms with Gasteiger partial charge in [-0.15, -0.1) is 0 Å². The lowest BCUT2D eigenvalue weighted by atomic mass is 10.0. The molecule has 0 fully saturated rings. The van der Waals surface area contributed by atoms with Crippen LogP contribution < -0.4 is 5.32 Å². The minimum absolute atomic E-state index is 0.282. The second-order valence-electron chi connectivity index (χ2n) is 4.56. The fourth-order valence-electron chi connectivity index (χ4n) is 1.84. The van der Waals surface area contributed by atoms with Crippen LogP contribution in [0.5, 0.6) is 0 Å². The van der Waals surface area contributed by atoms with Crippen LogP contribution in [0.15, 0.2) is 30.3 Å². The van der Waals surface area contributed by atoms with Crippen LogP contribution in [0.25, 0.3) is 0 Å². The Bertz CT molecular complexity index is 433. The number of esters is 1. The Hall–Kier alpha value is -1.88. The standard InChI is InChI=1S/C15H21NO4/c1-3-20-15(19)13(16-11(2)14(17)18)10-9-12-7-5-4-6-8-12/h4-8,11,13,16H,3,9-10H2,1-2H3,(H,17,18)/t11?,13-/m1/s1. The molecule has 0 bridgehead atoms. The molecule has 1 aromatic rings. The normalized spacial score (nSPS) is 13.5. The maximum atomic E-state index is 11.8. The first-order valence-electron chi connectivity index (χ1n) is 6.74. The van der Waals surface area contributed by atoms with Gasteiger partial charge in [0.1, 0.15) is 12.1 Å². The number of ether oxygens (including phenoxy) is 1. The minimum atomic E-state index is -0.987. The first-order valence-corrected chi connectivity index (χ1v) is 6.74. The highest BCUT2D eigenvalue weighted by molar-refractivity contribution is 5.78. The Morgan fingerprint density at radius 1 is 1.30 bits per heavy atom. The Labute approximate surface area is 118 Å². The third-order valence-corrected chi connectivity index (χ3v) is 2.96. The molecule has 0 amide bonds. The van der Waals surface area contributed by atoms with E-state index in [-0.39, 0.29) is 6.61 Å². The first-order chi connectivity index (χ1) is 9.54. The highest BCUT2D eigenvalue weighted by Crippen LogP contribution is 2.07. The SMILES string of the molecule is CCOC(=O)[C@@H](CCc1ccccc1)NC(C)C(=O)O. The van der Waals surface area contributed by atoms with E-state index >= 15 is 0 Å². The van der Waals surface area contributed by atoms with Gasteiger partial charge >= 0.3 is 11.9 Å². The van der Waals surface area contributed by atoms with E-state index in [1.165, 1.54) is 6.92 Å². The molecule has 0 saturated heterocycles. The summed E-state index contributed by atoms with van der Waals surface area (Å²) < 4.78 is 4.98. The number of hydrogen-bond acceptors (Lipinski definition) is 4. The van der Waals surface area contributed by atoms with Crippen molar-refractivity contribution in [2.45, 2.75) is 38.8 Å². The molecule has 1 rings (SSSR count). The van der Waals surface area contributed by atoms with Gasteiger partial charge in [0.25, 0.3) is 0 Å². The molecular weight excluding hydrogens is 258 g/mol. The Kier molecular flexibility index (Phi) is 6.73. The van der Waals surface area contributed by atoms with E-state index in [1.807, 2.05) is 30.3 Å². The van der Waals surface area contributed by atoms with E-state index in [0.29, 0.717) is 12.8 Å². The summed E-state index contributed by atoms with van der Waals surface area (Å²) in [5.41, 5.74) is 1.10. The molecular formula is C15H21NO4. The quantitative estimate of drug-likeness (QED) is 0.707. The van der Waals surface area contributed by atoms with Crippen molar-refractivity contribution >= 4 is 11.9 Å². The predicted molar refractivity (Wildman–Crippen MR) is 75.4 cm³/mol. The lowest BCUT2D eigenvalue weighted by Gasteiger charge is -2.19. The Balaban J connectivity index is 2.62. The molecule has 0 radical (unpaired) electrons. The van der Waals surface area contributed by atoms with Gasteiger partial charge in [-0.1, -0.05) is 30.3 Å². The number of aryl methyl sites for hydroxylation is 1. The highest BCUT2D eigenvalue weighted by Gasteiger charge is 2.24. The van der Waals surface area contributed by atoms with Crippen molar-refractivity contribution in [3.63, 3.8) is 0 Å². The van der Waals surface area contributed by atoms with E-state index in [0.717, 1.165) is 5.56 Å². The molecule has 0 aliphatic rings. The van der Waals surface area contributed by atoms with Crippen molar-refractivity contribution in [3.05, 3.63) is 35.9 Å². The summed E-state index contributed by atoms with van der Waals surface area (Å²) in [4.78, 5) is 22.7. The molecule has 20 heavy (non-hydrogen) atoms. The average Bonchev–Trinajstić information content (AvgIpc) is 2.44. The van der Waals surface area contributed by atoms with E-state index in [2.05, 4.69) is 5.32 Å². The molecule has 0 heterocycles. The summed E-state index contributed by atoms with van der Waals surface area (Å²) in [7, 11) is 0. The number of nitrogens with one attached hydrogen (secondary N) is 1. The Morgan fingerprint density at radius 3 is 2.50 bits per heavy atom. The predicted octanol–water partition coefficient (Wildman–Crippen LogP) is 1.61. The zero-order valence-corrected chi connectivity index (χ0v) is 11.8. The molecule has 2 N–H and O–H groups in total. The van der Waals surface area contributed by atoms with Crippen LogP contribution in [0.4, 0.5) is 0 Å². The monoisotopic (exact) mass is 279 g/mol. The van der Waals surface area contributed by atoms with Crippen molar-refractivity contribution < 1.29 is 19.4 Å². The minimum Gasteiger partial charge on any atom is -0.480 e. The van der Waals surface area contributed by atoms with E-state index in [1.54, 1.807) is 6.92 Å². The number of carboxylic acid groups (broad SMARTS) is 1. The van der Waals surface area contributed by atoms with Gasteiger partial charge < -0.3 is 9.84 Å². The van der Waals surface area contributed by atoms with Crippen LogP contribution in [0.1, 0.15) is 25.8 Å². The van der Waals surface area contributed by atoms with Gasteiger partial charge in [-0.25, -0.2) is 0 Å². The number of carbonyl (C=O) groups is 2. The van der Waals surface area contributed by atoms with Gasteiger partial charge in [0.05, 0.1) is 6.61 Å². The third-order valence-electron chi connectivity index (χ3n) is 2.96. The van der Waals surface area contributed by atoms with Crippen LogP contribution in [0.2, 0.25) is 0 Å². The van der Waals surface area contributed by atoms with Crippen LogP contribution in [0, 0.1) is 0 Å². The zero-order valence-electron chi connectivity index (χ0n) is 11.8. The van der Waals surface area contributed by atoms with E-state index < -0.39 is 24.0 Å². The lowest BCUT2D eigenvalue weighted by molar-refractivity contribution is -0.147. The summed E-state index contributed by atoms with van der Waals surface area (Å²) in [6.45, 7) is 3.52. The molecule has 5 nitrogen and oxygen atoms in total. The molecule has 0 saturated carbocycles. The van der Waals surface area contributed by atoms with Crippen LogP contribution in [-0.2, 0) is 20.7 Å². The van der Waals surface area contributed by atoms with E-state index in [9.17, 15) is 9.59 Å². The van der Waals surface area contributed by atoms with Crippen molar-refractivity contribution in [3.8, 4) is 0 Å². The van der Waals surface area contributed by atoms with Gasteiger partial charge in [0.2, 0.25) is 0 Å². The number of benzene rings is 1. The van der Waals surface area contributed by atoms with Crippen molar-refractivity contribution in [1.29, 1.82) is 0 Å².